The van der Waals surface area contributed by atoms with Gasteiger partial charge in [0.25, 0.3) is 0 Å². The largest absolute Gasteiger partial charge is 0.356 e. The second kappa shape index (κ2) is 11.3. The lowest BCUT2D eigenvalue weighted by molar-refractivity contribution is 0.504. The molecule has 0 fully saturated rings. The summed E-state index contributed by atoms with van der Waals surface area (Å²) in [5, 5.41) is 15.5. The van der Waals surface area contributed by atoms with Crippen LogP contribution in [0.15, 0.2) is 29.3 Å². The van der Waals surface area contributed by atoms with Gasteiger partial charge in [-0.3, -0.25) is 0 Å². The molecular weight excluding hydrogens is 451 g/mol. The van der Waals surface area contributed by atoms with Gasteiger partial charge >= 0.3 is 0 Å². The number of guanidine groups is 1. The Balaban J connectivity index is 0.00000261. The monoisotopic (exact) mass is 482 g/mol. The molecule has 148 valence electrons. The molecule has 0 atom stereocenters. The molecular formula is C20H31IN6. The fraction of sp³-hybridized carbons (Fsp3) is 0.550. The Kier molecular flexibility index (Phi) is 9.03. The van der Waals surface area contributed by atoms with Crippen LogP contribution in [-0.4, -0.2) is 27.3 Å². The summed E-state index contributed by atoms with van der Waals surface area (Å²) in [6.45, 7) is 7.57. The van der Waals surface area contributed by atoms with Crippen LogP contribution < -0.4 is 10.6 Å². The van der Waals surface area contributed by atoms with E-state index in [9.17, 15) is 0 Å². The Labute approximate surface area is 179 Å². The highest BCUT2D eigenvalue weighted by atomic mass is 127. The van der Waals surface area contributed by atoms with Crippen LogP contribution in [0.25, 0.3) is 0 Å². The lowest BCUT2D eigenvalue weighted by Gasteiger charge is -2.16. The molecule has 0 unspecified atom stereocenters. The summed E-state index contributed by atoms with van der Waals surface area (Å²) in [6, 6.07) is 8.53. The molecule has 1 aromatic carbocycles. The summed E-state index contributed by atoms with van der Waals surface area (Å²) in [5.41, 5.74) is 2.49. The molecule has 1 aromatic heterocycles. The minimum Gasteiger partial charge on any atom is -0.356 e. The van der Waals surface area contributed by atoms with Crippen molar-refractivity contribution >= 4 is 29.9 Å². The van der Waals surface area contributed by atoms with Crippen molar-refractivity contribution in [3.63, 3.8) is 0 Å². The second-order valence-electron chi connectivity index (χ2n) is 6.93. The minimum atomic E-state index is 0. The van der Waals surface area contributed by atoms with E-state index in [0.29, 0.717) is 13.1 Å². The third-order valence-corrected chi connectivity index (χ3v) is 4.71. The van der Waals surface area contributed by atoms with E-state index < -0.39 is 0 Å². The molecule has 2 N–H and O–H groups in total. The summed E-state index contributed by atoms with van der Waals surface area (Å²) >= 11 is 0. The van der Waals surface area contributed by atoms with Gasteiger partial charge in [0.05, 0.1) is 13.1 Å². The fourth-order valence-electron chi connectivity index (χ4n) is 3.08. The molecule has 0 aliphatic carbocycles. The topological polar surface area (TPSA) is 67.1 Å². The van der Waals surface area contributed by atoms with Crippen LogP contribution in [0.4, 0.5) is 0 Å². The van der Waals surface area contributed by atoms with Gasteiger partial charge in [0.15, 0.2) is 11.8 Å². The second-order valence-corrected chi connectivity index (χ2v) is 6.93. The van der Waals surface area contributed by atoms with Crippen molar-refractivity contribution in [3.05, 3.63) is 47.0 Å². The molecule has 1 aliphatic rings. The number of benzene rings is 1. The van der Waals surface area contributed by atoms with Crippen molar-refractivity contribution in [2.24, 2.45) is 4.99 Å². The van der Waals surface area contributed by atoms with Gasteiger partial charge in [-0.2, -0.15) is 0 Å². The van der Waals surface area contributed by atoms with Crippen LogP contribution >= 0.6 is 24.0 Å². The van der Waals surface area contributed by atoms with E-state index in [2.05, 4.69) is 63.5 Å². The standard InChI is InChI=1S/C20H30N6.HI/c1-3-4-12-21-20(22-14-17-10-8-16(2)9-11-17)23-15-19-25-24-18-7-5-6-13-26(18)19;/h8-11H,3-7,12-15H2,1-2H3,(H2,21,22,23);1H. The predicted octanol–water partition coefficient (Wildman–Crippen LogP) is 3.58. The zero-order valence-corrected chi connectivity index (χ0v) is 18.7. The number of nitrogens with one attached hydrogen (secondary N) is 2. The van der Waals surface area contributed by atoms with Crippen molar-refractivity contribution in [3.8, 4) is 0 Å². The minimum absolute atomic E-state index is 0. The number of aliphatic imine (C=N–C) groups is 1. The maximum atomic E-state index is 4.74. The zero-order chi connectivity index (χ0) is 18.2. The van der Waals surface area contributed by atoms with Crippen molar-refractivity contribution in [1.29, 1.82) is 0 Å². The first-order chi connectivity index (χ1) is 12.8. The smallest absolute Gasteiger partial charge is 0.191 e. The van der Waals surface area contributed by atoms with Crippen molar-refractivity contribution in [2.45, 2.75) is 65.6 Å². The maximum Gasteiger partial charge on any atom is 0.191 e. The van der Waals surface area contributed by atoms with Gasteiger partial charge in [-0.25, -0.2) is 4.99 Å². The normalized spacial score (nSPS) is 13.6. The van der Waals surface area contributed by atoms with E-state index in [4.69, 9.17) is 4.99 Å². The Morgan fingerprint density at radius 1 is 1.15 bits per heavy atom. The molecule has 0 bridgehead atoms. The third kappa shape index (κ3) is 6.48. The van der Waals surface area contributed by atoms with Gasteiger partial charge < -0.3 is 15.2 Å². The van der Waals surface area contributed by atoms with E-state index >= 15 is 0 Å². The number of aromatic nitrogens is 3. The summed E-state index contributed by atoms with van der Waals surface area (Å²) in [5.74, 6) is 2.96. The van der Waals surface area contributed by atoms with Crippen LogP contribution in [0.2, 0.25) is 0 Å². The van der Waals surface area contributed by atoms with Crippen LogP contribution in [0.1, 0.15) is 55.4 Å². The quantitative estimate of drug-likeness (QED) is 0.274. The van der Waals surface area contributed by atoms with Gasteiger partial charge in [-0.05, 0) is 31.7 Å². The van der Waals surface area contributed by atoms with Crippen LogP contribution in [-0.2, 0) is 26.1 Å². The number of aryl methyl sites for hydroxylation is 2. The highest BCUT2D eigenvalue weighted by Gasteiger charge is 2.15. The van der Waals surface area contributed by atoms with Crippen molar-refractivity contribution in [2.75, 3.05) is 6.54 Å². The Hall–Kier alpha value is -1.64. The van der Waals surface area contributed by atoms with E-state index in [1.54, 1.807) is 0 Å². The van der Waals surface area contributed by atoms with Gasteiger partial charge in [0.1, 0.15) is 5.82 Å². The zero-order valence-electron chi connectivity index (χ0n) is 16.4. The van der Waals surface area contributed by atoms with E-state index in [0.717, 1.165) is 50.0 Å². The number of nitrogens with zero attached hydrogens (tertiary/aromatic N) is 4. The first-order valence-corrected chi connectivity index (χ1v) is 9.75. The summed E-state index contributed by atoms with van der Waals surface area (Å²) < 4.78 is 2.25. The van der Waals surface area contributed by atoms with Crippen LogP contribution in [0.3, 0.4) is 0 Å². The van der Waals surface area contributed by atoms with Gasteiger partial charge in [-0.1, -0.05) is 43.2 Å². The molecule has 0 saturated carbocycles. The summed E-state index contributed by atoms with van der Waals surface area (Å²) in [6.07, 6.45) is 5.76. The predicted molar refractivity (Wildman–Crippen MR) is 120 cm³/mol. The number of hydrogen-bond acceptors (Lipinski definition) is 3. The highest BCUT2D eigenvalue weighted by molar-refractivity contribution is 14.0. The molecule has 2 aromatic rings. The number of halogens is 1. The first kappa shape index (κ1) is 21.7. The molecule has 0 amide bonds. The summed E-state index contributed by atoms with van der Waals surface area (Å²) in [7, 11) is 0. The first-order valence-electron chi connectivity index (χ1n) is 9.75. The van der Waals surface area contributed by atoms with Crippen molar-refractivity contribution in [1.82, 2.24) is 25.4 Å². The third-order valence-electron chi connectivity index (χ3n) is 4.71. The molecule has 27 heavy (non-hydrogen) atoms. The highest BCUT2D eigenvalue weighted by Crippen LogP contribution is 2.14. The average molecular weight is 482 g/mol. The van der Waals surface area contributed by atoms with Crippen LogP contribution in [0.5, 0.6) is 0 Å². The number of rotatable bonds is 7. The van der Waals surface area contributed by atoms with Gasteiger partial charge in [0, 0.05) is 19.5 Å². The fourth-order valence-corrected chi connectivity index (χ4v) is 3.08. The summed E-state index contributed by atoms with van der Waals surface area (Å²) in [4.78, 5) is 4.74. The molecule has 3 rings (SSSR count). The lowest BCUT2D eigenvalue weighted by Crippen LogP contribution is -2.38. The van der Waals surface area contributed by atoms with E-state index in [1.165, 1.54) is 24.0 Å². The molecule has 7 heteroatoms. The molecule has 1 aliphatic heterocycles. The Morgan fingerprint density at radius 2 is 1.96 bits per heavy atom. The molecule has 6 nitrogen and oxygen atoms in total. The van der Waals surface area contributed by atoms with Gasteiger partial charge in [-0.15, -0.1) is 34.2 Å². The van der Waals surface area contributed by atoms with E-state index in [-0.39, 0.29) is 24.0 Å². The maximum absolute atomic E-state index is 4.74. The SMILES string of the molecule is CCCCNC(=NCc1ccc(C)cc1)NCc1nnc2n1CCCC2.I. The molecule has 0 spiro atoms. The van der Waals surface area contributed by atoms with Crippen molar-refractivity contribution < 1.29 is 0 Å². The molecule has 0 radical (unpaired) electrons. The molecule has 0 saturated heterocycles. The number of hydrogen-bond donors (Lipinski definition) is 2. The van der Waals surface area contributed by atoms with E-state index in [1.807, 2.05) is 0 Å². The van der Waals surface area contributed by atoms with Crippen LogP contribution in [0, 0.1) is 6.92 Å². The Bertz CT molecular complexity index is 723. The molecule has 2 heterocycles. The average Bonchev–Trinajstić information content (AvgIpc) is 3.08. The Morgan fingerprint density at radius 3 is 2.74 bits per heavy atom. The number of fused-ring (bicyclic) bond motifs is 1. The number of unbranched alkanes of at least 4 members (excludes halogenated alkanes) is 1. The van der Waals surface area contributed by atoms with Gasteiger partial charge in [0.2, 0.25) is 0 Å². The lowest BCUT2D eigenvalue weighted by atomic mass is 10.1.